The van der Waals surface area contributed by atoms with E-state index in [9.17, 15) is 13.2 Å². The lowest BCUT2D eigenvalue weighted by atomic mass is 9.87. The van der Waals surface area contributed by atoms with Crippen LogP contribution in [0.15, 0.2) is 46.0 Å². The Morgan fingerprint density at radius 2 is 1.82 bits per heavy atom. The summed E-state index contributed by atoms with van der Waals surface area (Å²) in [7, 11) is -3.80. The average Bonchev–Trinajstić information content (AvgIpc) is 3.10. The molecule has 7 nitrogen and oxygen atoms in total. The summed E-state index contributed by atoms with van der Waals surface area (Å²) >= 11 is 0. The van der Waals surface area contributed by atoms with Gasteiger partial charge >= 0.3 is 0 Å². The van der Waals surface area contributed by atoms with Crippen molar-refractivity contribution in [3.63, 3.8) is 0 Å². The number of anilines is 1. The number of hydrogen-bond acceptors (Lipinski definition) is 5. The van der Waals surface area contributed by atoms with E-state index in [-0.39, 0.29) is 29.2 Å². The van der Waals surface area contributed by atoms with Crippen LogP contribution in [0.3, 0.4) is 0 Å². The van der Waals surface area contributed by atoms with Crippen LogP contribution >= 0.6 is 0 Å². The van der Waals surface area contributed by atoms with Crippen LogP contribution in [0.4, 0.5) is 5.82 Å². The maximum absolute atomic E-state index is 13.2. The van der Waals surface area contributed by atoms with Crippen molar-refractivity contribution in [1.29, 1.82) is 0 Å². The topological polar surface area (TPSA) is 92.5 Å². The maximum atomic E-state index is 13.2. The summed E-state index contributed by atoms with van der Waals surface area (Å²) < 4.78 is 32.2. The van der Waals surface area contributed by atoms with E-state index >= 15 is 0 Å². The fourth-order valence-electron chi connectivity index (χ4n) is 2.58. The zero-order valence-electron chi connectivity index (χ0n) is 17.1. The molecule has 28 heavy (non-hydrogen) atoms. The molecular weight excluding hydrogens is 378 g/mol. The smallest absolute Gasteiger partial charge is 0.243 e. The third-order valence-corrected chi connectivity index (χ3v) is 6.20. The van der Waals surface area contributed by atoms with Gasteiger partial charge in [0, 0.05) is 12.6 Å². The Bertz CT molecular complexity index is 867. The molecular formula is C20H29N3O4S. The number of benzene rings is 1. The molecule has 0 unspecified atom stereocenters. The molecule has 8 heteroatoms. The number of aromatic nitrogens is 1. The molecule has 2 rings (SSSR count). The van der Waals surface area contributed by atoms with Gasteiger partial charge in [0.05, 0.1) is 11.4 Å². The number of hydrogen-bond donors (Lipinski definition) is 1. The molecule has 0 saturated heterocycles. The Morgan fingerprint density at radius 1 is 1.18 bits per heavy atom. The van der Waals surface area contributed by atoms with Gasteiger partial charge in [-0.3, -0.25) is 4.79 Å². The second kappa shape index (κ2) is 8.87. The monoisotopic (exact) mass is 407 g/mol. The molecule has 1 amide bonds. The van der Waals surface area contributed by atoms with E-state index in [4.69, 9.17) is 0 Å². The van der Waals surface area contributed by atoms with Gasteiger partial charge < -0.3 is 9.84 Å². The lowest BCUT2D eigenvalue weighted by molar-refractivity contribution is -0.116. The molecule has 1 N–H and O–H groups in total. The lowest BCUT2D eigenvalue weighted by Gasteiger charge is -2.23. The Hall–Kier alpha value is -2.19. The normalized spacial score (nSPS) is 12.5. The minimum atomic E-state index is -3.80. The zero-order chi connectivity index (χ0) is 20.9. The summed E-state index contributed by atoms with van der Waals surface area (Å²) in [6, 6.07) is 8.35. The highest BCUT2D eigenvalue weighted by Crippen LogP contribution is 2.25. The summed E-state index contributed by atoms with van der Waals surface area (Å²) in [5.41, 5.74) is 0.973. The first-order valence-corrected chi connectivity index (χ1v) is 10.7. The maximum Gasteiger partial charge on any atom is 0.243 e. The van der Waals surface area contributed by atoms with E-state index in [0.29, 0.717) is 12.3 Å². The first kappa shape index (κ1) is 22.1. The van der Waals surface area contributed by atoms with E-state index in [0.717, 1.165) is 5.56 Å². The van der Waals surface area contributed by atoms with Crippen molar-refractivity contribution in [2.24, 2.45) is 5.92 Å². The van der Waals surface area contributed by atoms with Gasteiger partial charge in [0.1, 0.15) is 6.26 Å². The Labute approximate surface area is 167 Å². The van der Waals surface area contributed by atoms with E-state index in [1.165, 1.54) is 16.6 Å². The van der Waals surface area contributed by atoms with Crippen LogP contribution in [0.1, 0.15) is 46.6 Å². The van der Waals surface area contributed by atoms with Crippen LogP contribution in [-0.2, 0) is 20.2 Å². The first-order valence-electron chi connectivity index (χ1n) is 9.31. The predicted molar refractivity (Wildman–Crippen MR) is 108 cm³/mol. The molecule has 0 saturated carbocycles. The van der Waals surface area contributed by atoms with E-state index in [1.807, 2.05) is 26.0 Å². The highest BCUT2D eigenvalue weighted by Gasteiger charge is 2.27. The van der Waals surface area contributed by atoms with Gasteiger partial charge in [-0.2, -0.15) is 4.31 Å². The molecule has 0 aliphatic carbocycles. The van der Waals surface area contributed by atoms with Gasteiger partial charge in [-0.25, -0.2) is 8.42 Å². The molecule has 0 spiro atoms. The summed E-state index contributed by atoms with van der Waals surface area (Å²) in [4.78, 5) is 12.5. The predicted octanol–water partition coefficient (Wildman–Crippen LogP) is 3.65. The van der Waals surface area contributed by atoms with Crippen molar-refractivity contribution in [1.82, 2.24) is 9.46 Å². The number of amides is 1. The molecule has 0 fully saturated rings. The van der Waals surface area contributed by atoms with Gasteiger partial charge in [-0.15, -0.1) is 0 Å². The van der Waals surface area contributed by atoms with E-state index in [1.54, 1.807) is 12.1 Å². The second-order valence-corrected chi connectivity index (χ2v) is 10.2. The minimum absolute atomic E-state index is 0.0723. The minimum Gasteiger partial charge on any atom is -0.363 e. The molecule has 2 aromatic rings. The summed E-state index contributed by atoms with van der Waals surface area (Å²) in [6.07, 6.45) is 1.98. The van der Waals surface area contributed by atoms with Crippen molar-refractivity contribution in [2.45, 2.75) is 51.3 Å². The first-order chi connectivity index (χ1) is 13.0. The molecule has 1 aromatic carbocycles. The number of rotatable bonds is 8. The summed E-state index contributed by atoms with van der Waals surface area (Å²) in [5.74, 6) is 0.0906. The third kappa shape index (κ3) is 5.90. The number of nitrogens with zero attached hydrogens (tertiary/aromatic N) is 2. The van der Waals surface area contributed by atoms with Crippen LogP contribution in [0.2, 0.25) is 0 Å². The molecule has 154 valence electrons. The third-order valence-electron chi connectivity index (χ3n) is 4.34. The lowest BCUT2D eigenvalue weighted by Crippen LogP contribution is -2.39. The van der Waals surface area contributed by atoms with Crippen molar-refractivity contribution in [3.05, 3.63) is 42.2 Å². The molecule has 0 aliphatic rings. The SMILES string of the molecule is CC(C)CCN(CC(=O)Nc1ccon1)S(=O)(=O)c1ccc(C(C)(C)C)cc1. The fourth-order valence-corrected chi connectivity index (χ4v) is 3.99. The molecule has 1 aromatic heterocycles. The fraction of sp³-hybridized carbons (Fsp3) is 0.500. The Balaban J connectivity index is 2.23. The summed E-state index contributed by atoms with van der Waals surface area (Å²) in [6.45, 7) is 10.2. The second-order valence-electron chi connectivity index (χ2n) is 8.23. The van der Waals surface area contributed by atoms with E-state index < -0.39 is 15.9 Å². The highest BCUT2D eigenvalue weighted by atomic mass is 32.2. The van der Waals surface area contributed by atoms with Crippen LogP contribution in [0.25, 0.3) is 0 Å². The molecule has 1 heterocycles. The number of nitrogens with one attached hydrogen (secondary N) is 1. The Kier molecular flexibility index (Phi) is 7.01. The summed E-state index contributed by atoms with van der Waals surface area (Å²) in [5, 5.41) is 6.16. The van der Waals surface area contributed by atoms with Crippen LogP contribution in [-0.4, -0.2) is 36.9 Å². The van der Waals surface area contributed by atoms with Crippen molar-refractivity contribution in [2.75, 3.05) is 18.4 Å². The van der Waals surface area contributed by atoms with Crippen LogP contribution in [0, 0.1) is 5.92 Å². The number of carbonyl (C=O) groups is 1. The number of sulfonamides is 1. The largest absolute Gasteiger partial charge is 0.363 e. The molecule has 0 radical (unpaired) electrons. The van der Waals surface area contributed by atoms with Gasteiger partial charge in [0.25, 0.3) is 0 Å². The molecule has 0 bridgehead atoms. The van der Waals surface area contributed by atoms with E-state index in [2.05, 4.69) is 35.8 Å². The van der Waals surface area contributed by atoms with Gasteiger partial charge in [0.15, 0.2) is 5.82 Å². The van der Waals surface area contributed by atoms with Gasteiger partial charge in [-0.1, -0.05) is 51.9 Å². The standard InChI is InChI=1S/C20H29N3O4S/c1-15(2)10-12-23(14-19(24)21-18-11-13-27-22-18)28(25,26)17-8-6-16(7-9-17)20(3,4)5/h6-9,11,13,15H,10,12,14H2,1-5H3,(H,21,22,24). The van der Waals surface area contributed by atoms with Crippen LogP contribution < -0.4 is 5.32 Å². The quantitative estimate of drug-likeness (QED) is 0.721. The van der Waals surface area contributed by atoms with Gasteiger partial charge in [-0.05, 0) is 35.4 Å². The van der Waals surface area contributed by atoms with Crippen LogP contribution in [0.5, 0.6) is 0 Å². The highest BCUT2D eigenvalue weighted by molar-refractivity contribution is 7.89. The number of carbonyl (C=O) groups excluding carboxylic acids is 1. The zero-order valence-corrected chi connectivity index (χ0v) is 17.9. The van der Waals surface area contributed by atoms with Gasteiger partial charge in [0.2, 0.25) is 15.9 Å². The van der Waals surface area contributed by atoms with Crippen molar-refractivity contribution in [3.8, 4) is 0 Å². The average molecular weight is 408 g/mol. The molecule has 0 atom stereocenters. The molecule has 0 aliphatic heterocycles. The van der Waals surface area contributed by atoms with Crippen molar-refractivity contribution >= 4 is 21.7 Å². The van der Waals surface area contributed by atoms with Crippen molar-refractivity contribution < 1.29 is 17.7 Å². The Morgan fingerprint density at radius 3 is 2.32 bits per heavy atom.